The third-order valence-electron chi connectivity index (χ3n) is 3.82. The summed E-state index contributed by atoms with van der Waals surface area (Å²) in [7, 11) is 0. The summed E-state index contributed by atoms with van der Waals surface area (Å²) in [5.41, 5.74) is 7.10. The molecular formula is C13H17N5O2. The van der Waals surface area contributed by atoms with Crippen molar-refractivity contribution in [3.05, 3.63) is 17.8 Å². The van der Waals surface area contributed by atoms with Gasteiger partial charge in [0.25, 0.3) is 0 Å². The van der Waals surface area contributed by atoms with Crippen LogP contribution in [0.3, 0.4) is 0 Å². The average molecular weight is 275 g/mol. The molecule has 3 rings (SSSR count). The van der Waals surface area contributed by atoms with E-state index < -0.39 is 5.97 Å². The highest BCUT2D eigenvalue weighted by Crippen LogP contribution is 2.27. The molecule has 0 aromatic carbocycles. The van der Waals surface area contributed by atoms with Crippen LogP contribution in [0.2, 0.25) is 0 Å². The van der Waals surface area contributed by atoms with E-state index >= 15 is 0 Å². The Bertz CT molecular complexity index is 658. The van der Waals surface area contributed by atoms with E-state index in [9.17, 15) is 9.90 Å². The largest absolute Gasteiger partial charge is 0.477 e. The molecule has 1 saturated heterocycles. The first-order valence-electron chi connectivity index (χ1n) is 6.70. The zero-order valence-corrected chi connectivity index (χ0v) is 11.3. The number of hydrogen-bond acceptors (Lipinski definition) is 5. The minimum Gasteiger partial charge on any atom is -0.477 e. The Morgan fingerprint density at radius 1 is 1.40 bits per heavy atom. The van der Waals surface area contributed by atoms with Crippen LogP contribution in [0.25, 0.3) is 5.65 Å². The van der Waals surface area contributed by atoms with Crippen LogP contribution in [0.1, 0.15) is 30.3 Å². The second kappa shape index (κ2) is 4.66. The molecule has 2 aromatic rings. The van der Waals surface area contributed by atoms with Gasteiger partial charge >= 0.3 is 5.97 Å². The number of pyridine rings is 1. The molecule has 0 radical (unpaired) electrons. The molecule has 0 saturated carbocycles. The Balaban J connectivity index is 2.08. The number of fused-ring (bicyclic) bond motifs is 1. The third kappa shape index (κ3) is 2.04. The zero-order valence-electron chi connectivity index (χ0n) is 11.3. The molecule has 0 amide bonds. The summed E-state index contributed by atoms with van der Waals surface area (Å²) in [6.45, 7) is 4.13. The van der Waals surface area contributed by atoms with Crippen LogP contribution >= 0.6 is 0 Å². The van der Waals surface area contributed by atoms with Gasteiger partial charge in [0.15, 0.2) is 11.3 Å². The number of carbonyl (C=O) groups is 1. The lowest BCUT2D eigenvalue weighted by atomic mass is 9.99. The van der Waals surface area contributed by atoms with E-state index in [1.54, 1.807) is 12.1 Å². The lowest BCUT2D eigenvalue weighted by Crippen LogP contribution is -2.33. The number of carboxylic acid groups (broad SMARTS) is 1. The van der Waals surface area contributed by atoms with E-state index in [1.807, 2.05) is 0 Å². The molecule has 7 heteroatoms. The third-order valence-corrected chi connectivity index (χ3v) is 3.82. The molecule has 1 aliphatic rings. The molecule has 0 atom stereocenters. The van der Waals surface area contributed by atoms with E-state index in [1.165, 1.54) is 4.52 Å². The smallest absolute Gasteiger partial charge is 0.354 e. The van der Waals surface area contributed by atoms with Crippen LogP contribution in [-0.4, -0.2) is 38.8 Å². The normalized spacial score (nSPS) is 16.8. The molecule has 7 nitrogen and oxygen atoms in total. The number of hydrogen-bond donors (Lipinski definition) is 2. The number of piperidine rings is 1. The molecule has 0 unspecified atom stereocenters. The fourth-order valence-corrected chi connectivity index (χ4v) is 2.62. The number of rotatable bonds is 2. The number of nitrogens with two attached hydrogens (primary N) is 1. The van der Waals surface area contributed by atoms with Crippen LogP contribution in [0, 0.1) is 5.92 Å². The minimum atomic E-state index is -1.04. The number of aromatic carboxylic acids is 1. The van der Waals surface area contributed by atoms with Crippen LogP contribution < -0.4 is 10.6 Å². The summed E-state index contributed by atoms with van der Waals surface area (Å²) in [4.78, 5) is 17.6. The van der Waals surface area contributed by atoms with Crippen molar-refractivity contribution in [2.75, 3.05) is 23.7 Å². The van der Waals surface area contributed by atoms with E-state index in [2.05, 4.69) is 21.9 Å². The van der Waals surface area contributed by atoms with Crippen LogP contribution in [-0.2, 0) is 0 Å². The fraction of sp³-hybridized carbons (Fsp3) is 0.462. The molecule has 1 aliphatic heterocycles. The molecule has 3 heterocycles. The number of aromatic nitrogens is 3. The van der Waals surface area contributed by atoms with Crippen molar-refractivity contribution in [1.82, 2.24) is 14.6 Å². The van der Waals surface area contributed by atoms with E-state index in [4.69, 9.17) is 5.73 Å². The van der Waals surface area contributed by atoms with Crippen molar-refractivity contribution < 1.29 is 9.90 Å². The maximum absolute atomic E-state index is 11.2. The Hall–Kier alpha value is -2.31. The molecule has 2 aromatic heterocycles. The quantitative estimate of drug-likeness (QED) is 0.856. The van der Waals surface area contributed by atoms with Crippen LogP contribution in [0.15, 0.2) is 12.1 Å². The van der Waals surface area contributed by atoms with Gasteiger partial charge in [0, 0.05) is 13.1 Å². The highest BCUT2D eigenvalue weighted by atomic mass is 16.4. The summed E-state index contributed by atoms with van der Waals surface area (Å²) in [5.74, 6) is -0.229. The molecule has 3 N–H and O–H groups in total. The molecule has 106 valence electrons. The highest BCUT2D eigenvalue weighted by Gasteiger charge is 2.21. The van der Waals surface area contributed by atoms with Crippen molar-refractivity contribution in [2.24, 2.45) is 5.92 Å². The lowest BCUT2D eigenvalue weighted by Gasteiger charge is -2.32. The van der Waals surface area contributed by atoms with E-state index in [0.717, 1.165) is 37.5 Å². The standard InChI is InChI=1S/C13H17N5O2/c1-8-4-6-17(7-5-8)9-2-3-10(12(19)20)18-11(9)15-13(14)16-18/h2-3,8H,4-7H2,1H3,(H2,14,16)(H,19,20). The van der Waals surface area contributed by atoms with E-state index in [-0.39, 0.29) is 11.6 Å². The van der Waals surface area contributed by atoms with Gasteiger partial charge in [-0.1, -0.05) is 6.92 Å². The number of nitrogens with zero attached hydrogens (tertiary/aromatic N) is 4. The summed E-state index contributed by atoms with van der Waals surface area (Å²) >= 11 is 0. The Labute approximate surface area is 116 Å². The van der Waals surface area contributed by atoms with Gasteiger partial charge in [-0.05, 0) is 30.9 Å². The number of nitrogen functional groups attached to an aromatic ring is 1. The summed E-state index contributed by atoms with van der Waals surface area (Å²) in [6, 6.07) is 3.35. The predicted octanol–water partition coefficient (Wildman–Crippen LogP) is 1.25. The summed E-state index contributed by atoms with van der Waals surface area (Å²) in [6.07, 6.45) is 2.24. The summed E-state index contributed by atoms with van der Waals surface area (Å²) in [5, 5.41) is 13.2. The van der Waals surface area contributed by atoms with E-state index in [0.29, 0.717) is 5.65 Å². The van der Waals surface area contributed by atoms with Crippen LogP contribution in [0.5, 0.6) is 0 Å². The summed E-state index contributed by atoms with van der Waals surface area (Å²) < 4.78 is 1.31. The Kier molecular flexibility index (Phi) is 2.96. The molecule has 20 heavy (non-hydrogen) atoms. The SMILES string of the molecule is CC1CCN(c2ccc(C(=O)O)n3nc(N)nc23)CC1. The van der Waals surface area contributed by atoms with Crippen molar-refractivity contribution in [2.45, 2.75) is 19.8 Å². The predicted molar refractivity (Wildman–Crippen MR) is 75.0 cm³/mol. The minimum absolute atomic E-state index is 0.0679. The van der Waals surface area contributed by atoms with Crippen molar-refractivity contribution in [3.8, 4) is 0 Å². The maximum atomic E-state index is 11.2. The average Bonchev–Trinajstić information content (AvgIpc) is 2.79. The number of anilines is 2. The first-order chi connectivity index (χ1) is 9.56. The Morgan fingerprint density at radius 3 is 2.75 bits per heavy atom. The zero-order chi connectivity index (χ0) is 14.3. The van der Waals surface area contributed by atoms with Gasteiger partial charge in [0.1, 0.15) is 0 Å². The van der Waals surface area contributed by atoms with Gasteiger partial charge in [-0.2, -0.15) is 4.98 Å². The molecular weight excluding hydrogens is 258 g/mol. The lowest BCUT2D eigenvalue weighted by molar-refractivity contribution is 0.0687. The topological polar surface area (TPSA) is 96.8 Å². The highest BCUT2D eigenvalue weighted by molar-refractivity contribution is 5.88. The molecule has 1 fully saturated rings. The first-order valence-corrected chi connectivity index (χ1v) is 6.70. The molecule has 0 aliphatic carbocycles. The molecule has 0 spiro atoms. The monoisotopic (exact) mass is 275 g/mol. The first kappa shape index (κ1) is 12.7. The fourth-order valence-electron chi connectivity index (χ4n) is 2.62. The van der Waals surface area contributed by atoms with Gasteiger partial charge in [0.05, 0.1) is 5.69 Å². The maximum Gasteiger partial charge on any atom is 0.354 e. The van der Waals surface area contributed by atoms with Crippen molar-refractivity contribution in [1.29, 1.82) is 0 Å². The second-order valence-corrected chi connectivity index (χ2v) is 5.28. The van der Waals surface area contributed by atoms with Gasteiger partial charge < -0.3 is 15.7 Å². The van der Waals surface area contributed by atoms with Gasteiger partial charge in [0.2, 0.25) is 5.95 Å². The Morgan fingerprint density at radius 2 is 2.10 bits per heavy atom. The number of carboxylic acids is 1. The van der Waals surface area contributed by atoms with Crippen molar-refractivity contribution >= 4 is 23.3 Å². The van der Waals surface area contributed by atoms with Gasteiger partial charge in [-0.15, -0.1) is 5.10 Å². The van der Waals surface area contributed by atoms with Crippen LogP contribution in [0.4, 0.5) is 11.6 Å². The van der Waals surface area contributed by atoms with Gasteiger partial charge in [-0.25, -0.2) is 9.31 Å². The second-order valence-electron chi connectivity index (χ2n) is 5.28. The molecule has 0 bridgehead atoms. The van der Waals surface area contributed by atoms with Crippen molar-refractivity contribution in [3.63, 3.8) is 0 Å². The van der Waals surface area contributed by atoms with Gasteiger partial charge in [-0.3, -0.25) is 0 Å².